The summed E-state index contributed by atoms with van der Waals surface area (Å²) in [4.78, 5) is 4.14. The van der Waals surface area contributed by atoms with Gasteiger partial charge in [0.25, 0.3) is 0 Å². The van der Waals surface area contributed by atoms with E-state index < -0.39 is 11.7 Å². The van der Waals surface area contributed by atoms with Gasteiger partial charge in [-0.3, -0.25) is 4.98 Å². The average molecular weight is 231 g/mol. The fraction of sp³-hybridized carbons (Fsp3) is 0.545. The maximum atomic E-state index is 12.6. The molecule has 88 valence electrons. The van der Waals surface area contributed by atoms with Crippen molar-refractivity contribution in [1.82, 2.24) is 4.98 Å². The first-order valence-electron chi connectivity index (χ1n) is 5.19. The van der Waals surface area contributed by atoms with Crippen LogP contribution in [0.3, 0.4) is 0 Å². The van der Waals surface area contributed by atoms with Gasteiger partial charge < -0.3 is 5.11 Å². The quantitative estimate of drug-likeness (QED) is 0.867. The van der Waals surface area contributed by atoms with Gasteiger partial charge in [-0.15, -0.1) is 0 Å². The maximum absolute atomic E-state index is 12.6. The molecule has 1 fully saturated rings. The Morgan fingerprint density at radius 1 is 1.31 bits per heavy atom. The van der Waals surface area contributed by atoms with Crippen LogP contribution in [-0.2, 0) is 12.6 Å². The summed E-state index contributed by atoms with van der Waals surface area (Å²) in [5.74, 6) is 0.180. The third-order valence-electron chi connectivity index (χ3n) is 2.59. The molecule has 0 unspecified atom stereocenters. The number of hydrogen-bond acceptors (Lipinski definition) is 2. The van der Waals surface area contributed by atoms with E-state index in [0.717, 1.165) is 25.0 Å². The molecule has 0 saturated heterocycles. The van der Waals surface area contributed by atoms with Gasteiger partial charge >= 0.3 is 6.18 Å². The smallest absolute Gasteiger partial charge is 0.396 e. The predicted octanol–water partition coefficient (Wildman–Crippen LogP) is 2.51. The molecule has 1 heterocycles. The summed E-state index contributed by atoms with van der Waals surface area (Å²) in [5, 5.41) is 8.74. The fourth-order valence-corrected chi connectivity index (χ4v) is 1.61. The van der Waals surface area contributed by atoms with Crippen LogP contribution in [0.15, 0.2) is 12.1 Å². The second-order valence-electron chi connectivity index (χ2n) is 4.02. The van der Waals surface area contributed by atoms with Crippen LogP contribution in [0.4, 0.5) is 13.2 Å². The first-order valence-corrected chi connectivity index (χ1v) is 5.19. The number of rotatable bonds is 3. The zero-order valence-corrected chi connectivity index (χ0v) is 8.59. The summed E-state index contributed by atoms with van der Waals surface area (Å²) in [5.41, 5.74) is 0.172. The Hall–Kier alpha value is -1.10. The van der Waals surface area contributed by atoms with Gasteiger partial charge in [-0.2, -0.15) is 13.2 Å². The Kier molecular flexibility index (Phi) is 2.88. The largest absolute Gasteiger partial charge is 0.416 e. The molecule has 1 saturated carbocycles. The van der Waals surface area contributed by atoms with Crippen molar-refractivity contribution in [2.75, 3.05) is 6.61 Å². The van der Waals surface area contributed by atoms with Gasteiger partial charge in [0.1, 0.15) is 0 Å². The average Bonchev–Trinajstić information content (AvgIpc) is 2.99. The summed E-state index contributed by atoms with van der Waals surface area (Å²) in [7, 11) is 0. The normalized spacial score (nSPS) is 16.5. The van der Waals surface area contributed by atoms with Gasteiger partial charge in [-0.25, -0.2) is 0 Å². The van der Waals surface area contributed by atoms with Gasteiger partial charge in [-0.05, 0) is 25.0 Å². The molecule has 0 aromatic carbocycles. The number of aliphatic hydroxyl groups excluding tert-OH is 1. The SMILES string of the molecule is OCCc1cc(C(F)(F)F)cc(C2CC2)n1. The number of halogens is 3. The van der Waals surface area contributed by atoms with Crippen LogP contribution in [0.5, 0.6) is 0 Å². The minimum atomic E-state index is -4.34. The van der Waals surface area contributed by atoms with Gasteiger partial charge in [0, 0.05) is 30.3 Å². The van der Waals surface area contributed by atoms with Crippen LogP contribution in [0.25, 0.3) is 0 Å². The van der Waals surface area contributed by atoms with Crippen molar-refractivity contribution >= 4 is 0 Å². The highest BCUT2D eigenvalue weighted by Crippen LogP contribution is 2.41. The van der Waals surface area contributed by atoms with Crippen molar-refractivity contribution in [3.05, 3.63) is 29.1 Å². The molecule has 0 spiro atoms. The second-order valence-corrected chi connectivity index (χ2v) is 4.02. The highest BCUT2D eigenvalue weighted by atomic mass is 19.4. The van der Waals surface area contributed by atoms with Crippen LogP contribution in [0.2, 0.25) is 0 Å². The van der Waals surface area contributed by atoms with Crippen molar-refractivity contribution in [3.63, 3.8) is 0 Å². The standard InChI is InChI=1S/C11H12F3NO/c12-11(13,14)8-5-9(3-4-16)15-10(6-8)7-1-2-7/h5-7,16H,1-4H2. The lowest BCUT2D eigenvalue weighted by atomic mass is 10.1. The minimum Gasteiger partial charge on any atom is -0.396 e. The Morgan fingerprint density at radius 3 is 2.50 bits per heavy atom. The molecular formula is C11H12F3NO. The van der Waals surface area contributed by atoms with E-state index in [0.29, 0.717) is 11.4 Å². The fourth-order valence-electron chi connectivity index (χ4n) is 1.61. The van der Waals surface area contributed by atoms with Gasteiger partial charge in [0.15, 0.2) is 0 Å². The summed E-state index contributed by atoms with van der Waals surface area (Å²) >= 11 is 0. The van der Waals surface area contributed by atoms with Crippen molar-refractivity contribution in [2.45, 2.75) is 31.4 Å². The number of aromatic nitrogens is 1. The van der Waals surface area contributed by atoms with E-state index in [9.17, 15) is 13.2 Å². The number of pyridine rings is 1. The Balaban J connectivity index is 2.36. The molecular weight excluding hydrogens is 219 g/mol. The highest BCUT2D eigenvalue weighted by molar-refractivity contribution is 5.28. The predicted molar refractivity (Wildman–Crippen MR) is 52.0 cm³/mol. The molecule has 1 aliphatic carbocycles. The van der Waals surface area contributed by atoms with Crippen molar-refractivity contribution in [2.24, 2.45) is 0 Å². The van der Waals surface area contributed by atoms with Crippen LogP contribution in [0, 0.1) is 0 Å². The lowest BCUT2D eigenvalue weighted by molar-refractivity contribution is -0.137. The van der Waals surface area contributed by atoms with E-state index in [-0.39, 0.29) is 18.9 Å². The van der Waals surface area contributed by atoms with E-state index >= 15 is 0 Å². The summed E-state index contributed by atoms with van der Waals surface area (Å²) in [6, 6.07) is 2.14. The van der Waals surface area contributed by atoms with Crippen LogP contribution in [-0.4, -0.2) is 16.7 Å². The number of nitrogens with zero attached hydrogens (tertiary/aromatic N) is 1. The molecule has 0 atom stereocenters. The molecule has 1 aromatic heterocycles. The second kappa shape index (κ2) is 4.05. The highest BCUT2D eigenvalue weighted by Gasteiger charge is 2.34. The van der Waals surface area contributed by atoms with E-state index in [1.54, 1.807) is 0 Å². The molecule has 5 heteroatoms. The Labute approximate surface area is 91.1 Å². The van der Waals surface area contributed by atoms with Gasteiger partial charge in [0.05, 0.1) is 5.56 Å². The molecule has 1 aromatic rings. The third-order valence-corrected chi connectivity index (χ3v) is 2.59. The van der Waals surface area contributed by atoms with Crippen LogP contribution >= 0.6 is 0 Å². The third kappa shape index (κ3) is 2.52. The molecule has 0 amide bonds. The molecule has 2 nitrogen and oxygen atoms in total. The number of aliphatic hydroxyl groups is 1. The molecule has 0 aliphatic heterocycles. The van der Waals surface area contributed by atoms with Gasteiger partial charge in [-0.1, -0.05) is 0 Å². The molecule has 16 heavy (non-hydrogen) atoms. The van der Waals surface area contributed by atoms with E-state index in [1.165, 1.54) is 0 Å². The Morgan fingerprint density at radius 2 is 2.00 bits per heavy atom. The zero-order chi connectivity index (χ0) is 11.8. The maximum Gasteiger partial charge on any atom is 0.416 e. The first kappa shape index (κ1) is 11.4. The summed E-state index contributed by atoms with van der Waals surface area (Å²) in [6.07, 6.45) is -2.35. The van der Waals surface area contributed by atoms with Crippen LogP contribution < -0.4 is 0 Å². The van der Waals surface area contributed by atoms with E-state index in [2.05, 4.69) is 4.98 Å². The molecule has 2 rings (SSSR count). The molecule has 0 bridgehead atoms. The molecule has 1 aliphatic rings. The number of hydrogen-bond donors (Lipinski definition) is 1. The summed E-state index contributed by atoms with van der Waals surface area (Å²) in [6.45, 7) is -0.182. The van der Waals surface area contributed by atoms with Crippen LogP contribution in [0.1, 0.15) is 35.7 Å². The number of alkyl halides is 3. The van der Waals surface area contributed by atoms with Crippen molar-refractivity contribution in [3.8, 4) is 0 Å². The van der Waals surface area contributed by atoms with Crippen molar-refractivity contribution < 1.29 is 18.3 Å². The zero-order valence-electron chi connectivity index (χ0n) is 8.59. The van der Waals surface area contributed by atoms with Gasteiger partial charge in [0.2, 0.25) is 0 Å². The topological polar surface area (TPSA) is 33.1 Å². The minimum absolute atomic E-state index is 0.170. The molecule has 1 N–H and O–H groups in total. The lowest BCUT2D eigenvalue weighted by Gasteiger charge is -2.10. The van der Waals surface area contributed by atoms with E-state index in [4.69, 9.17) is 5.11 Å². The molecule has 0 radical (unpaired) electrons. The van der Waals surface area contributed by atoms with Crippen molar-refractivity contribution in [1.29, 1.82) is 0 Å². The first-order chi connectivity index (χ1) is 7.50. The summed E-state index contributed by atoms with van der Waals surface area (Å²) < 4.78 is 37.7. The Bertz CT molecular complexity index is 385. The van der Waals surface area contributed by atoms with E-state index in [1.807, 2.05) is 0 Å². The lowest BCUT2D eigenvalue weighted by Crippen LogP contribution is -2.09. The monoisotopic (exact) mass is 231 g/mol.